The van der Waals surface area contributed by atoms with Crippen molar-refractivity contribution in [2.24, 2.45) is 0 Å². The SMILES string of the molecule is COc1ccc(SCC(=O)NCc2cccc(NC(=O)Cn3cccn3)c2)cc1. The first kappa shape index (κ1) is 20.5. The average Bonchev–Trinajstić information content (AvgIpc) is 3.24. The predicted octanol–water partition coefficient (Wildman–Crippen LogP) is 2.94. The zero-order chi connectivity index (χ0) is 20.5. The van der Waals surface area contributed by atoms with Gasteiger partial charge >= 0.3 is 0 Å². The highest BCUT2D eigenvalue weighted by molar-refractivity contribution is 8.00. The molecular formula is C21H22N4O3S. The van der Waals surface area contributed by atoms with Gasteiger partial charge in [0.1, 0.15) is 12.3 Å². The quantitative estimate of drug-likeness (QED) is 0.530. The maximum absolute atomic E-state index is 12.1. The minimum Gasteiger partial charge on any atom is -0.497 e. The Bertz CT molecular complexity index is 943. The van der Waals surface area contributed by atoms with E-state index in [0.29, 0.717) is 18.0 Å². The summed E-state index contributed by atoms with van der Waals surface area (Å²) >= 11 is 1.46. The minimum atomic E-state index is -0.161. The van der Waals surface area contributed by atoms with E-state index >= 15 is 0 Å². The van der Waals surface area contributed by atoms with Crippen LogP contribution in [0.2, 0.25) is 0 Å². The maximum atomic E-state index is 12.1. The van der Waals surface area contributed by atoms with Gasteiger partial charge in [0, 0.05) is 29.5 Å². The third-order valence-corrected chi connectivity index (χ3v) is 5.01. The summed E-state index contributed by atoms with van der Waals surface area (Å²) in [4.78, 5) is 25.2. The number of anilines is 1. The third kappa shape index (κ3) is 6.69. The molecule has 0 aliphatic rings. The first-order valence-corrected chi connectivity index (χ1v) is 10.0. The number of carbonyl (C=O) groups is 2. The summed E-state index contributed by atoms with van der Waals surface area (Å²) < 4.78 is 6.68. The monoisotopic (exact) mass is 410 g/mol. The summed E-state index contributed by atoms with van der Waals surface area (Å²) in [5.74, 6) is 0.896. The summed E-state index contributed by atoms with van der Waals surface area (Å²) in [7, 11) is 1.62. The molecule has 0 bridgehead atoms. The number of nitrogens with zero attached hydrogens (tertiary/aromatic N) is 2. The van der Waals surface area contributed by atoms with Gasteiger partial charge in [0.05, 0.1) is 12.9 Å². The number of nitrogens with one attached hydrogen (secondary N) is 2. The van der Waals surface area contributed by atoms with Gasteiger partial charge in [-0.15, -0.1) is 11.8 Å². The lowest BCUT2D eigenvalue weighted by molar-refractivity contribution is -0.119. The van der Waals surface area contributed by atoms with Crippen molar-refractivity contribution in [3.05, 3.63) is 72.6 Å². The van der Waals surface area contributed by atoms with Crippen LogP contribution in [0.25, 0.3) is 0 Å². The zero-order valence-corrected chi connectivity index (χ0v) is 16.8. The molecule has 150 valence electrons. The Morgan fingerprint density at radius 1 is 1.10 bits per heavy atom. The number of carbonyl (C=O) groups excluding carboxylic acids is 2. The predicted molar refractivity (Wildman–Crippen MR) is 113 cm³/mol. The Kier molecular flexibility index (Phi) is 7.29. The van der Waals surface area contributed by atoms with Gasteiger partial charge in [-0.2, -0.15) is 5.10 Å². The lowest BCUT2D eigenvalue weighted by atomic mass is 10.2. The molecule has 1 heterocycles. The van der Waals surface area contributed by atoms with E-state index in [1.54, 1.807) is 30.3 Å². The van der Waals surface area contributed by atoms with Gasteiger partial charge in [-0.25, -0.2) is 0 Å². The molecule has 29 heavy (non-hydrogen) atoms. The Balaban J connectivity index is 1.44. The number of aromatic nitrogens is 2. The van der Waals surface area contributed by atoms with Crippen molar-refractivity contribution >= 4 is 29.3 Å². The molecule has 0 spiro atoms. The topological polar surface area (TPSA) is 85.3 Å². The van der Waals surface area contributed by atoms with Gasteiger partial charge in [-0.1, -0.05) is 12.1 Å². The maximum Gasteiger partial charge on any atom is 0.246 e. The molecular weight excluding hydrogens is 388 g/mol. The lowest BCUT2D eigenvalue weighted by Gasteiger charge is -2.09. The van der Waals surface area contributed by atoms with E-state index in [-0.39, 0.29) is 18.4 Å². The van der Waals surface area contributed by atoms with Crippen LogP contribution in [0.4, 0.5) is 5.69 Å². The van der Waals surface area contributed by atoms with Crippen LogP contribution >= 0.6 is 11.8 Å². The smallest absolute Gasteiger partial charge is 0.246 e. The van der Waals surface area contributed by atoms with Crippen LogP contribution in [-0.4, -0.2) is 34.5 Å². The largest absolute Gasteiger partial charge is 0.497 e. The Labute approximate surface area is 173 Å². The number of amides is 2. The number of rotatable bonds is 9. The van der Waals surface area contributed by atoms with E-state index in [1.165, 1.54) is 11.8 Å². The molecule has 0 radical (unpaired) electrons. The molecule has 2 aromatic carbocycles. The van der Waals surface area contributed by atoms with Crippen LogP contribution in [0, 0.1) is 0 Å². The second-order valence-corrected chi connectivity index (χ2v) is 7.24. The second kappa shape index (κ2) is 10.3. The van der Waals surface area contributed by atoms with Crippen molar-refractivity contribution < 1.29 is 14.3 Å². The van der Waals surface area contributed by atoms with Crippen molar-refractivity contribution in [2.75, 3.05) is 18.2 Å². The Morgan fingerprint density at radius 2 is 1.93 bits per heavy atom. The first-order valence-electron chi connectivity index (χ1n) is 9.02. The number of methoxy groups -OCH3 is 1. The molecule has 2 amide bonds. The zero-order valence-electron chi connectivity index (χ0n) is 16.0. The fourth-order valence-corrected chi connectivity index (χ4v) is 3.30. The summed E-state index contributed by atoms with van der Waals surface area (Å²) in [5.41, 5.74) is 1.59. The van der Waals surface area contributed by atoms with Crippen molar-refractivity contribution in [3.8, 4) is 5.75 Å². The van der Waals surface area contributed by atoms with Crippen LogP contribution in [0.15, 0.2) is 71.9 Å². The van der Waals surface area contributed by atoms with Crippen LogP contribution in [-0.2, 0) is 22.7 Å². The van der Waals surface area contributed by atoms with Gasteiger partial charge < -0.3 is 15.4 Å². The summed E-state index contributed by atoms with van der Waals surface area (Å²) in [6, 6.07) is 16.8. The molecule has 8 heteroatoms. The lowest BCUT2D eigenvalue weighted by Crippen LogP contribution is -2.24. The van der Waals surface area contributed by atoms with E-state index in [2.05, 4.69) is 15.7 Å². The molecule has 3 rings (SSSR count). The van der Waals surface area contributed by atoms with Gasteiger partial charge in [0.25, 0.3) is 0 Å². The van der Waals surface area contributed by atoms with Crippen molar-refractivity contribution in [2.45, 2.75) is 18.0 Å². The van der Waals surface area contributed by atoms with E-state index in [1.807, 2.05) is 48.5 Å². The molecule has 0 fully saturated rings. The molecule has 1 aromatic heterocycles. The summed E-state index contributed by atoms with van der Waals surface area (Å²) in [6.07, 6.45) is 3.36. The molecule has 3 aromatic rings. The van der Waals surface area contributed by atoms with Gasteiger partial charge in [-0.3, -0.25) is 14.3 Å². The van der Waals surface area contributed by atoms with Gasteiger partial charge in [0.15, 0.2) is 0 Å². The molecule has 2 N–H and O–H groups in total. The Hall–Kier alpha value is -3.26. The molecule has 0 atom stereocenters. The van der Waals surface area contributed by atoms with Crippen molar-refractivity contribution in [3.63, 3.8) is 0 Å². The summed E-state index contributed by atoms with van der Waals surface area (Å²) in [5, 5.41) is 9.75. The van der Waals surface area contributed by atoms with Crippen LogP contribution in [0.3, 0.4) is 0 Å². The van der Waals surface area contributed by atoms with Crippen molar-refractivity contribution in [1.82, 2.24) is 15.1 Å². The van der Waals surface area contributed by atoms with E-state index in [9.17, 15) is 9.59 Å². The average molecular weight is 410 g/mol. The molecule has 0 aliphatic heterocycles. The van der Waals surface area contributed by atoms with Crippen LogP contribution in [0.5, 0.6) is 5.75 Å². The third-order valence-electron chi connectivity index (χ3n) is 3.99. The number of hydrogen-bond donors (Lipinski definition) is 2. The van der Waals surface area contributed by atoms with E-state index < -0.39 is 0 Å². The van der Waals surface area contributed by atoms with Crippen LogP contribution in [0.1, 0.15) is 5.56 Å². The fraction of sp³-hybridized carbons (Fsp3) is 0.190. The molecule has 0 aliphatic carbocycles. The number of ether oxygens (including phenoxy) is 1. The highest BCUT2D eigenvalue weighted by Crippen LogP contribution is 2.21. The number of benzene rings is 2. The molecule has 0 saturated carbocycles. The Morgan fingerprint density at radius 3 is 2.66 bits per heavy atom. The number of hydrogen-bond acceptors (Lipinski definition) is 5. The highest BCUT2D eigenvalue weighted by Gasteiger charge is 2.06. The van der Waals surface area contributed by atoms with E-state index in [4.69, 9.17) is 4.74 Å². The van der Waals surface area contributed by atoms with Gasteiger partial charge in [-0.05, 0) is 48.0 Å². The van der Waals surface area contributed by atoms with Gasteiger partial charge in [0.2, 0.25) is 11.8 Å². The van der Waals surface area contributed by atoms with Crippen LogP contribution < -0.4 is 15.4 Å². The number of thioether (sulfide) groups is 1. The second-order valence-electron chi connectivity index (χ2n) is 6.19. The molecule has 0 saturated heterocycles. The highest BCUT2D eigenvalue weighted by atomic mass is 32.2. The van der Waals surface area contributed by atoms with E-state index in [0.717, 1.165) is 16.2 Å². The first-order chi connectivity index (χ1) is 14.1. The molecule has 7 nitrogen and oxygen atoms in total. The van der Waals surface area contributed by atoms with Crippen molar-refractivity contribution in [1.29, 1.82) is 0 Å². The normalized spacial score (nSPS) is 10.4. The summed E-state index contributed by atoms with van der Waals surface area (Å²) in [6.45, 7) is 0.543. The minimum absolute atomic E-state index is 0.0565. The standard InChI is InChI=1S/C21H22N4O3S/c1-28-18-6-8-19(9-7-18)29-15-21(27)22-13-16-4-2-5-17(12-16)24-20(26)14-25-11-3-10-23-25/h2-12H,13-15H2,1H3,(H,22,27)(H,24,26). The molecule has 0 unspecified atom stereocenters. The fourth-order valence-electron chi connectivity index (χ4n) is 2.57.